The molecule has 1 atom stereocenters. The summed E-state index contributed by atoms with van der Waals surface area (Å²) in [7, 11) is 0. The van der Waals surface area contributed by atoms with E-state index in [0.29, 0.717) is 17.4 Å². The lowest BCUT2D eigenvalue weighted by Crippen LogP contribution is -2.24. The first-order valence-corrected chi connectivity index (χ1v) is 5.60. The summed E-state index contributed by atoms with van der Waals surface area (Å²) < 4.78 is 0. The molecule has 0 amide bonds. The monoisotopic (exact) mass is 227 g/mol. The van der Waals surface area contributed by atoms with Gasteiger partial charge in [-0.1, -0.05) is 31.5 Å². The van der Waals surface area contributed by atoms with Crippen LogP contribution in [0.2, 0.25) is 5.02 Å². The highest BCUT2D eigenvalue weighted by Crippen LogP contribution is 2.26. The number of phenols is 1. The van der Waals surface area contributed by atoms with E-state index < -0.39 is 0 Å². The Morgan fingerprint density at radius 3 is 2.60 bits per heavy atom. The van der Waals surface area contributed by atoms with Crippen molar-refractivity contribution in [1.82, 2.24) is 0 Å². The molecular weight excluding hydrogens is 210 g/mol. The molecule has 84 valence electrons. The summed E-state index contributed by atoms with van der Waals surface area (Å²) >= 11 is 5.99. The van der Waals surface area contributed by atoms with Gasteiger partial charge in [0.1, 0.15) is 5.75 Å². The third-order valence-corrected chi connectivity index (χ3v) is 2.69. The number of hydrogen-bond donors (Lipinski definition) is 2. The minimum atomic E-state index is 0.0517. The van der Waals surface area contributed by atoms with E-state index in [-0.39, 0.29) is 11.8 Å². The summed E-state index contributed by atoms with van der Waals surface area (Å²) in [5.74, 6) is 0.798. The second-order valence-electron chi connectivity index (χ2n) is 4.33. The Bertz CT molecular complexity index is 305. The molecule has 0 radical (unpaired) electrons. The second kappa shape index (κ2) is 5.38. The van der Waals surface area contributed by atoms with Crippen molar-refractivity contribution in [2.24, 2.45) is 11.7 Å². The predicted octanol–water partition coefficient (Wildman–Crippen LogP) is 2.96. The molecule has 0 saturated carbocycles. The fraction of sp³-hybridized carbons (Fsp3) is 0.500. The van der Waals surface area contributed by atoms with Crippen LogP contribution in [0.25, 0.3) is 0 Å². The molecule has 0 aromatic heterocycles. The molecule has 0 saturated heterocycles. The Labute approximate surface area is 96.1 Å². The zero-order valence-electron chi connectivity index (χ0n) is 9.20. The fourth-order valence-electron chi connectivity index (χ4n) is 1.70. The molecule has 1 aromatic rings. The quantitative estimate of drug-likeness (QED) is 0.831. The standard InChI is InChI=1S/C12H18ClNO/c1-8(2)6-9(14)7-10-11(13)4-3-5-12(10)15/h3-5,8-9,15H,6-7,14H2,1-2H3. The average molecular weight is 228 g/mol. The minimum absolute atomic E-state index is 0.0517. The highest BCUT2D eigenvalue weighted by Gasteiger charge is 2.12. The minimum Gasteiger partial charge on any atom is -0.508 e. The largest absolute Gasteiger partial charge is 0.508 e. The van der Waals surface area contributed by atoms with Crippen LogP contribution in [0, 0.1) is 5.92 Å². The lowest BCUT2D eigenvalue weighted by atomic mass is 9.97. The molecule has 3 N–H and O–H groups in total. The molecule has 0 aliphatic rings. The van der Waals surface area contributed by atoms with Crippen LogP contribution < -0.4 is 5.73 Å². The van der Waals surface area contributed by atoms with Gasteiger partial charge in [-0.15, -0.1) is 0 Å². The van der Waals surface area contributed by atoms with Crippen molar-refractivity contribution in [1.29, 1.82) is 0 Å². The Morgan fingerprint density at radius 1 is 1.40 bits per heavy atom. The van der Waals surface area contributed by atoms with E-state index in [0.717, 1.165) is 12.0 Å². The summed E-state index contributed by atoms with van der Waals surface area (Å²) in [6, 6.07) is 5.20. The molecule has 15 heavy (non-hydrogen) atoms. The van der Waals surface area contributed by atoms with Gasteiger partial charge >= 0.3 is 0 Å². The molecule has 1 unspecified atom stereocenters. The van der Waals surface area contributed by atoms with E-state index in [9.17, 15) is 5.11 Å². The number of nitrogens with two attached hydrogens (primary N) is 1. The molecule has 0 bridgehead atoms. The summed E-state index contributed by atoms with van der Waals surface area (Å²) in [4.78, 5) is 0. The van der Waals surface area contributed by atoms with Crippen molar-refractivity contribution in [2.75, 3.05) is 0 Å². The second-order valence-corrected chi connectivity index (χ2v) is 4.74. The maximum Gasteiger partial charge on any atom is 0.120 e. The molecule has 1 rings (SSSR count). The van der Waals surface area contributed by atoms with Crippen LogP contribution >= 0.6 is 11.6 Å². The van der Waals surface area contributed by atoms with Gasteiger partial charge in [0, 0.05) is 16.6 Å². The van der Waals surface area contributed by atoms with Crippen molar-refractivity contribution < 1.29 is 5.11 Å². The number of benzene rings is 1. The van der Waals surface area contributed by atoms with Crippen LogP contribution in [-0.2, 0) is 6.42 Å². The van der Waals surface area contributed by atoms with Crippen LogP contribution in [0.1, 0.15) is 25.8 Å². The van der Waals surface area contributed by atoms with Gasteiger partial charge in [0.25, 0.3) is 0 Å². The molecule has 3 heteroatoms. The van der Waals surface area contributed by atoms with Gasteiger partial charge in [-0.25, -0.2) is 0 Å². The van der Waals surface area contributed by atoms with Gasteiger partial charge in [-0.05, 0) is 30.9 Å². The number of hydrogen-bond acceptors (Lipinski definition) is 2. The van der Waals surface area contributed by atoms with Gasteiger partial charge in [-0.3, -0.25) is 0 Å². The van der Waals surface area contributed by atoms with Gasteiger partial charge in [-0.2, -0.15) is 0 Å². The lowest BCUT2D eigenvalue weighted by Gasteiger charge is -2.15. The summed E-state index contributed by atoms with van der Waals surface area (Å²) in [5, 5.41) is 10.2. The topological polar surface area (TPSA) is 46.2 Å². The Balaban J connectivity index is 2.71. The molecule has 1 aromatic carbocycles. The van der Waals surface area contributed by atoms with E-state index in [4.69, 9.17) is 17.3 Å². The SMILES string of the molecule is CC(C)CC(N)Cc1c(O)cccc1Cl. The molecule has 0 aliphatic heterocycles. The molecule has 0 heterocycles. The maximum absolute atomic E-state index is 9.63. The summed E-state index contributed by atoms with van der Waals surface area (Å²) in [6.07, 6.45) is 1.56. The van der Waals surface area contributed by atoms with Gasteiger partial charge in [0.15, 0.2) is 0 Å². The Kier molecular flexibility index (Phi) is 4.43. The van der Waals surface area contributed by atoms with Crippen LogP contribution in [-0.4, -0.2) is 11.1 Å². The van der Waals surface area contributed by atoms with E-state index in [1.165, 1.54) is 0 Å². The highest BCUT2D eigenvalue weighted by atomic mass is 35.5. The number of halogens is 1. The first-order valence-electron chi connectivity index (χ1n) is 5.22. The summed E-state index contributed by atoms with van der Waals surface area (Å²) in [5.41, 5.74) is 6.73. The van der Waals surface area contributed by atoms with E-state index in [1.807, 2.05) is 0 Å². The number of rotatable bonds is 4. The zero-order chi connectivity index (χ0) is 11.4. The number of phenolic OH excluding ortho intramolecular Hbond substituents is 1. The first kappa shape index (κ1) is 12.3. The average Bonchev–Trinajstić information content (AvgIpc) is 2.10. The van der Waals surface area contributed by atoms with Crippen molar-refractivity contribution >= 4 is 11.6 Å². The van der Waals surface area contributed by atoms with Crippen molar-refractivity contribution in [2.45, 2.75) is 32.7 Å². The highest BCUT2D eigenvalue weighted by molar-refractivity contribution is 6.31. The van der Waals surface area contributed by atoms with Gasteiger partial charge in [0.2, 0.25) is 0 Å². The fourth-order valence-corrected chi connectivity index (χ4v) is 1.95. The number of aromatic hydroxyl groups is 1. The normalized spacial score (nSPS) is 13.1. The maximum atomic E-state index is 9.63. The van der Waals surface area contributed by atoms with Crippen molar-refractivity contribution in [3.8, 4) is 5.75 Å². The molecule has 2 nitrogen and oxygen atoms in total. The van der Waals surface area contributed by atoms with Gasteiger partial charge < -0.3 is 10.8 Å². The Hall–Kier alpha value is -0.730. The molecule has 0 aliphatic carbocycles. The summed E-state index contributed by atoms with van der Waals surface area (Å²) in [6.45, 7) is 4.26. The lowest BCUT2D eigenvalue weighted by molar-refractivity contribution is 0.453. The van der Waals surface area contributed by atoms with Crippen LogP contribution in [0.5, 0.6) is 5.75 Å². The third kappa shape index (κ3) is 3.73. The third-order valence-electron chi connectivity index (χ3n) is 2.33. The van der Waals surface area contributed by atoms with E-state index in [1.54, 1.807) is 18.2 Å². The van der Waals surface area contributed by atoms with E-state index >= 15 is 0 Å². The first-order chi connectivity index (χ1) is 7.00. The molecule has 0 fully saturated rings. The molecule has 0 spiro atoms. The van der Waals surface area contributed by atoms with Crippen molar-refractivity contribution in [3.05, 3.63) is 28.8 Å². The Morgan fingerprint density at radius 2 is 2.07 bits per heavy atom. The smallest absolute Gasteiger partial charge is 0.120 e. The zero-order valence-corrected chi connectivity index (χ0v) is 9.96. The van der Waals surface area contributed by atoms with Crippen LogP contribution in [0.15, 0.2) is 18.2 Å². The van der Waals surface area contributed by atoms with Gasteiger partial charge in [0.05, 0.1) is 0 Å². The van der Waals surface area contributed by atoms with E-state index in [2.05, 4.69) is 13.8 Å². The predicted molar refractivity (Wildman–Crippen MR) is 64.3 cm³/mol. The van der Waals surface area contributed by atoms with Crippen LogP contribution in [0.3, 0.4) is 0 Å². The van der Waals surface area contributed by atoms with Crippen molar-refractivity contribution in [3.63, 3.8) is 0 Å². The van der Waals surface area contributed by atoms with Crippen LogP contribution in [0.4, 0.5) is 0 Å². The molecular formula is C12H18ClNO.